The molecule has 1 aliphatic carbocycles. The van der Waals surface area contributed by atoms with Crippen molar-refractivity contribution in [2.45, 2.75) is 32.1 Å². The van der Waals surface area contributed by atoms with Crippen LogP contribution >= 0.6 is 0 Å². The van der Waals surface area contributed by atoms with Crippen LogP contribution in [-0.4, -0.2) is 25.5 Å². The lowest BCUT2D eigenvalue weighted by molar-refractivity contribution is -0.123. The van der Waals surface area contributed by atoms with Gasteiger partial charge < -0.3 is 10.6 Å². The summed E-state index contributed by atoms with van der Waals surface area (Å²) in [6.45, 7) is 4.80. The number of benzene rings is 1. The lowest BCUT2D eigenvalue weighted by atomic mass is 9.81. The molecule has 0 bridgehead atoms. The Balaban J connectivity index is 1.55. The van der Waals surface area contributed by atoms with E-state index < -0.39 is 11.6 Å². The first-order chi connectivity index (χ1) is 10.5. The van der Waals surface area contributed by atoms with Gasteiger partial charge in [-0.3, -0.25) is 4.79 Å². The summed E-state index contributed by atoms with van der Waals surface area (Å²) in [5.41, 5.74) is 0.461. The minimum absolute atomic E-state index is 0.0339. The first kappa shape index (κ1) is 15.4. The second kappa shape index (κ2) is 5.95. The van der Waals surface area contributed by atoms with Gasteiger partial charge in [0.25, 0.3) is 0 Å². The van der Waals surface area contributed by atoms with E-state index in [0.29, 0.717) is 18.5 Å². The maximum absolute atomic E-state index is 13.8. The normalized spacial score (nSPS) is 26.5. The maximum Gasteiger partial charge on any atom is 0.223 e. The highest BCUT2D eigenvalue weighted by Crippen LogP contribution is 2.48. The van der Waals surface area contributed by atoms with E-state index in [1.54, 1.807) is 6.07 Å². The minimum atomic E-state index is -0.842. The fourth-order valence-electron chi connectivity index (χ4n) is 3.27. The quantitative estimate of drug-likeness (QED) is 0.897. The van der Waals surface area contributed by atoms with Crippen molar-refractivity contribution >= 4 is 5.91 Å². The van der Waals surface area contributed by atoms with E-state index in [4.69, 9.17) is 0 Å². The summed E-state index contributed by atoms with van der Waals surface area (Å²) in [5.74, 6) is -2.09. The third kappa shape index (κ3) is 3.14. The summed E-state index contributed by atoms with van der Waals surface area (Å²) in [6, 6.07) is 4.18. The fourth-order valence-corrected chi connectivity index (χ4v) is 3.27. The highest BCUT2D eigenvalue weighted by atomic mass is 19.2. The van der Waals surface area contributed by atoms with E-state index >= 15 is 0 Å². The third-order valence-corrected chi connectivity index (χ3v) is 5.01. The molecule has 1 aliphatic heterocycles. The molecule has 0 radical (unpaired) electrons. The van der Waals surface area contributed by atoms with Crippen molar-refractivity contribution < 1.29 is 13.6 Å². The van der Waals surface area contributed by atoms with Gasteiger partial charge in [0.15, 0.2) is 11.6 Å². The SMILES string of the molecule is CC1(CNC(=O)C2CC2c2cccc(F)c2F)CCNCC1. The van der Waals surface area contributed by atoms with E-state index in [1.807, 2.05) is 0 Å². The number of amides is 1. The van der Waals surface area contributed by atoms with Gasteiger partial charge in [-0.2, -0.15) is 0 Å². The molecule has 1 aromatic carbocycles. The second-order valence-corrected chi connectivity index (χ2v) is 6.87. The summed E-state index contributed by atoms with van der Waals surface area (Å²) < 4.78 is 27.0. The van der Waals surface area contributed by atoms with Crippen molar-refractivity contribution in [2.24, 2.45) is 11.3 Å². The molecule has 0 aromatic heterocycles. The molecule has 2 aliphatic rings. The molecule has 1 saturated carbocycles. The van der Waals surface area contributed by atoms with Gasteiger partial charge in [-0.15, -0.1) is 0 Å². The number of rotatable bonds is 4. The van der Waals surface area contributed by atoms with Crippen LogP contribution in [0, 0.1) is 23.0 Å². The molecule has 3 nitrogen and oxygen atoms in total. The van der Waals surface area contributed by atoms with Crippen molar-refractivity contribution in [3.63, 3.8) is 0 Å². The third-order valence-electron chi connectivity index (χ3n) is 5.01. The van der Waals surface area contributed by atoms with Crippen LogP contribution in [0.15, 0.2) is 18.2 Å². The summed E-state index contributed by atoms with van der Waals surface area (Å²) >= 11 is 0. The predicted octanol–water partition coefficient (Wildman–Crippen LogP) is 2.57. The maximum atomic E-state index is 13.8. The van der Waals surface area contributed by atoms with Crippen molar-refractivity contribution in [1.29, 1.82) is 0 Å². The van der Waals surface area contributed by atoms with Crippen LogP contribution in [0.3, 0.4) is 0 Å². The van der Waals surface area contributed by atoms with Crippen LogP contribution in [0.4, 0.5) is 8.78 Å². The molecule has 3 rings (SSSR count). The van der Waals surface area contributed by atoms with E-state index in [2.05, 4.69) is 17.6 Å². The van der Waals surface area contributed by atoms with Gasteiger partial charge in [-0.1, -0.05) is 19.1 Å². The summed E-state index contributed by atoms with van der Waals surface area (Å²) in [4.78, 5) is 12.2. The number of hydrogen-bond donors (Lipinski definition) is 2. The lowest BCUT2D eigenvalue weighted by Crippen LogP contribution is -2.43. The van der Waals surface area contributed by atoms with E-state index in [0.717, 1.165) is 32.0 Å². The van der Waals surface area contributed by atoms with Gasteiger partial charge in [-0.25, -0.2) is 8.78 Å². The predicted molar refractivity (Wildman–Crippen MR) is 80.4 cm³/mol. The van der Waals surface area contributed by atoms with Crippen molar-refractivity contribution in [3.05, 3.63) is 35.4 Å². The average molecular weight is 308 g/mol. The summed E-state index contributed by atoms with van der Waals surface area (Å²) in [6.07, 6.45) is 2.68. The Bertz CT molecular complexity index is 570. The Hall–Kier alpha value is -1.49. The lowest BCUT2D eigenvalue weighted by Gasteiger charge is -2.34. The molecule has 1 heterocycles. The average Bonchev–Trinajstić information content (AvgIpc) is 3.29. The van der Waals surface area contributed by atoms with E-state index in [1.165, 1.54) is 6.07 Å². The van der Waals surface area contributed by atoms with Crippen LogP contribution in [0.1, 0.15) is 37.7 Å². The zero-order chi connectivity index (χ0) is 15.7. The van der Waals surface area contributed by atoms with Gasteiger partial charge in [-0.05, 0) is 55.3 Å². The molecule has 2 atom stereocenters. The van der Waals surface area contributed by atoms with Crippen LogP contribution < -0.4 is 10.6 Å². The summed E-state index contributed by atoms with van der Waals surface area (Å²) in [5, 5.41) is 6.32. The number of halogens is 2. The zero-order valence-corrected chi connectivity index (χ0v) is 12.8. The van der Waals surface area contributed by atoms with Crippen LogP contribution in [0.5, 0.6) is 0 Å². The van der Waals surface area contributed by atoms with Gasteiger partial charge >= 0.3 is 0 Å². The van der Waals surface area contributed by atoms with Crippen molar-refractivity contribution in [3.8, 4) is 0 Å². The molecule has 1 aromatic rings. The number of nitrogens with one attached hydrogen (secondary N) is 2. The zero-order valence-electron chi connectivity index (χ0n) is 12.8. The van der Waals surface area contributed by atoms with Gasteiger partial charge in [0, 0.05) is 12.5 Å². The second-order valence-electron chi connectivity index (χ2n) is 6.87. The first-order valence-corrected chi connectivity index (χ1v) is 7.92. The molecule has 2 fully saturated rings. The molecule has 1 amide bonds. The molecule has 2 N–H and O–H groups in total. The Kier molecular flexibility index (Phi) is 4.17. The fraction of sp³-hybridized carbons (Fsp3) is 0.588. The number of carbonyl (C=O) groups excluding carboxylic acids is 1. The van der Waals surface area contributed by atoms with Gasteiger partial charge in [0.1, 0.15) is 0 Å². The number of hydrogen-bond acceptors (Lipinski definition) is 2. The molecule has 120 valence electrons. The van der Waals surface area contributed by atoms with Gasteiger partial charge in [0.2, 0.25) is 5.91 Å². The van der Waals surface area contributed by atoms with Crippen LogP contribution in [0.25, 0.3) is 0 Å². The summed E-state index contributed by atoms with van der Waals surface area (Å²) in [7, 11) is 0. The van der Waals surface area contributed by atoms with Crippen molar-refractivity contribution in [1.82, 2.24) is 10.6 Å². The standard InChI is InChI=1S/C17H22F2N2O/c1-17(5-7-20-8-6-17)10-21-16(22)13-9-12(13)11-3-2-4-14(18)15(11)19/h2-4,12-13,20H,5-10H2,1H3,(H,21,22). The van der Waals surface area contributed by atoms with E-state index in [-0.39, 0.29) is 23.2 Å². The largest absolute Gasteiger partial charge is 0.355 e. The number of carbonyl (C=O) groups is 1. The topological polar surface area (TPSA) is 41.1 Å². The van der Waals surface area contributed by atoms with E-state index in [9.17, 15) is 13.6 Å². The molecule has 1 saturated heterocycles. The van der Waals surface area contributed by atoms with Crippen LogP contribution in [0.2, 0.25) is 0 Å². The monoisotopic (exact) mass is 308 g/mol. The Labute approximate surface area is 129 Å². The smallest absolute Gasteiger partial charge is 0.223 e. The molecule has 22 heavy (non-hydrogen) atoms. The first-order valence-electron chi connectivity index (χ1n) is 7.92. The van der Waals surface area contributed by atoms with Gasteiger partial charge in [0.05, 0.1) is 0 Å². The Morgan fingerprint density at radius 2 is 2.09 bits per heavy atom. The number of piperidine rings is 1. The Morgan fingerprint density at radius 1 is 1.36 bits per heavy atom. The molecule has 2 unspecified atom stereocenters. The van der Waals surface area contributed by atoms with Crippen molar-refractivity contribution in [2.75, 3.05) is 19.6 Å². The van der Waals surface area contributed by atoms with Crippen LogP contribution in [-0.2, 0) is 4.79 Å². The Morgan fingerprint density at radius 3 is 2.82 bits per heavy atom. The minimum Gasteiger partial charge on any atom is -0.355 e. The molecular formula is C17H22F2N2O. The molecule has 5 heteroatoms. The highest BCUT2D eigenvalue weighted by molar-refractivity contribution is 5.82. The highest BCUT2D eigenvalue weighted by Gasteiger charge is 2.45. The molecule has 0 spiro atoms. The molecular weight excluding hydrogens is 286 g/mol.